The van der Waals surface area contributed by atoms with E-state index in [1.54, 1.807) is 0 Å². The molecule has 7 heteroatoms. The van der Waals surface area contributed by atoms with Crippen LogP contribution in [-0.2, 0) is 0 Å². The van der Waals surface area contributed by atoms with Crippen molar-refractivity contribution in [3.63, 3.8) is 0 Å². The summed E-state index contributed by atoms with van der Waals surface area (Å²) in [7, 11) is 0. The lowest BCUT2D eigenvalue weighted by Crippen LogP contribution is -2.15. The number of nitrogens with zero attached hydrogens (tertiary/aromatic N) is 2. The summed E-state index contributed by atoms with van der Waals surface area (Å²) in [6.07, 6.45) is -1.99. The highest BCUT2D eigenvalue weighted by molar-refractivity contribution is 7.13. The maximum atomic E-state index is 10.4. The van der Waals surface area contributed by atoms with Crippen LogP contribution in [0.3, 0.4) is 0 Å². The minimum atomic E-state index is -1.59. The first kappa shape index (κ1) is 10.6. The van der Waals surface area contributed by atoms with Gasteiger partial charge in [0.25, 0.3) is 0 Å². The van der Waals surface area contributed by atoms with Crippen molar-refractivity contribution in [1.29, 1.82) is 5.26 Å². The molecule has 0 aromatic carbocycles. The number of hydrogen-bond acceptors (Lipinski definition) is 6. The molecule has 0 aliphatic heterocycles. The normalized spacial score (nSPS) is 14.4. The minimum absolute atomic E-state index is 0.0106. The lowest BCUT2D eigenvalue weighted by Gasteiger charge is -2.06. The SMILES string of the molecule is N#CC(O)C(O)c1ncc(C(=O)O)s1. The highest BCUT2D eigenvalue weighted by Gasteiger charge is 2.22. The zero-order valence-electron chi connectivity index (χ0n) is 6.78. The van der Waals surface area contributed by atoms with Crippen molar-refractivity contribution >= 4 is 17.3 Å². The number of carboxylic acid groups (broad SMARTS) is 1. The van der Waals surface area contributed by atoms with Crippen LogP contribution in [0.25, 0.3) is 0 Å². The topological polar surface area (TPSA) is 114 Å². The van der Waals surface area contributed by atoms with Gasteiger partial charge in [-0.15, -0.1) is 11.3 Å². The Morgan fingerprint density at radius 3 is 2.71 bits per heavy atom. The van der Waals surface area contributed by atoms with Crippen molar-refractivity contribution in [2.24, 2.45) is 0 Å². The Hall–Kier alpha value is -1.49. The molecule has 0 radical (unpaired) electrons. The van der Waals surface area contributed by atoms with Gasteiger partial charge in [-0.1, -0.05) is 0 Å². The number of aliphatic hydroxyl groups is 2. The number of aromatic carboxylic acids is 1. The van der Waals surface area contributed by atoms with Crippen molar-refractivity contribution in [2.75, 3.05) is 0 Å². The molecule has 1 heterocycles. The van der Waals surface area contributed by atoms with Gasteiger partial charge in [-0.25, -0.2) is 9.78 Å². The fourth-order valence-electron chi connectivity index (χ4n) is 0.729. The molecule has 0 amide bonds. The van der Waals surface area contributed by atoms with Gasteiger partial charge in [0, 0.05) is 0 Å². The maximum Gasteiger partial charge on any atom is 0.347 e. The van der Waals surface area contributed by atoms with Gasteiger partial charge in [0.1, 0.15) is 16.0 Å². The Labute approximate surface area is 82.7 Å². The molecule has 2 atom stereocenters. The molecule has 14 heavy (non-hydrogen) atoms. The van der Waals surface area contributed by atoms with Crippen molar-refractivity contribution < 1.29 is 20.1 Å². The van der Waals surface area contributed by atoms with E-state index in [1.807, 2.05) is 0 Å². The Morgan fingerprint density at radius 2 is 2.29 bits per heavy atom. The molecule has 74 valence electrons. The van der Waals surface area contributed by atoms with E-state index in [2.05, 4.69) is 4.98 Å². The van der Waals surface area contributed by atoms with Crippen molar-refractivity contribution in [1.82, 2.24) is 4.98 Å². The smallest absolute Gasteiger partial charge is 0.347 e. The summed E-state index contributed by atoms with van der Waals surface area (Å²) in [6, 6.07) is 1.43. The average Bonchev–Trinajstić information content (AvgIpc) is 2.64. The molecule has 3 N–H and O–H groups in total. The molecular formula is C7H6N2O4S. The average molecular weight is 214 g/mol. The largest absolute Gasteiger partial charge is 0.477 e. The molecule has 0 saturated heterocycles. The van der Waals surface area contributed by atoms with Crippen LogP contribution in [0.1, 0.15) is 20.8 Å². The second-order valence-corrected chi connectivity index (χ2v) is 3.45. The van der Waals surface area contributed by atoms with Gasteiger partial charge in [0.05, 0.1) is 12.3 Å². The van der Waals surface area contributed by atoms with E-state index in [4.69, 9.17) is 15.5 Å². The van der Waals surface area contributed by atoms with Gasteiger partial charge in [-0.2, -0.15) is 5.26 Å². The van der Waals surface area contributed by atoms with E-state index >= 15 is 0 Å². The first-order valence-electron chi connectivity index (χ1n) is 3.51. The lowest BCUT2D eigenvalue weighted by molar-refractivity contribution is 0.0526. The third kappa shape index (κ3) is 2.05. The number of nitriles is 1. The van der Waals surface area contributed by atoms with Gasteiger partial charge in [0.2, 0.25) is 0 Å². The molecule has 0 spiro atoms. The first-order valence-corrected chi connectivity index (χ1v) is 4.32. The Kier molecular flexibility index (Phi) is 3.14. The van der Waals surface area contributed by atoms with Crippen molar-refractivity contribution in [3.05, 3.63) is 16.1 Å². The van der Waals surface area contributed by atoms with Crippen molar-refractivity contribution in [3.8, 4) is 6.07 Å². The first-order chi connectivity index (χ1) is 6.56. The van der Waals surface area contributed by atoms with E-state index in [9.17, 15) is 9.90 Å². The summed E-state index contributed by atoms with van der Waals surface area (Å²) in [5.41, 5.74) is 0. The fraction of sp³-hybridized carbons (Fsp3) is 0.286. The number of carboxylic acids is 1. The van der Waals surface area contributed by atoms with Gasteiger partial charge < -0.3 is 15.3 Å². The number of hydrogen-bond donors (Lipinski definition) is 3. The van der Waals surface area contributed by atoms with Crippen LogP contribution >= 0.6 is 11.3 Å². The molecule has 6 nitrogen and oxygen atoms in total. The number of carbonyl (C=O) groups is 1. The summed E-state index contributed by atoms with van der Waals surface area (Å²) in [6.45, 7) is 0. The van der Waals surface area contributed by atoms with Crippen LogP contribution < -0.4 is 0 Å². The van der Waals surface area contributed by atoms with Crippen molar-refractivity contribution in [2.45, 2.75) is 12.2 Å². The maximum absolute atomic E-state index is 10.4. The summed E-state index contributed by atoms with van der Waals surface area (Å²) in [5.74, 6) is -1.16. The monoisotopic (exact) mass is 214 g/mol. The Morgan fingerprint density at radius 1 is 1.64 bits per heavy atom. The molecule has 0 bridgehead atoms. The molecule has 2 unspecified atom stereocenters. The van der Waals surface area contributed by atoms with E-state index in [0.29, 0.717) is 0 Å². The van der Waals surface area contributed by atoms with E-state index < -0.39 is 18.2 Å². The molecule has 1 rings (SSSR count). The Bertz CT molecular complexity index is 383. The second kappa shape index (κ2) is 4.15. The van der Waals surface area contributed by atoms with Gasteiger partial charge in [-0.3, -0.25) is 0 Å². The minimum Gasteiger partial charge on any atom is -0.477 e. The predicted molar refractivity (Wildman–Crippen MR) is 45.7 cm³/mol. The van der Waals surface area contributed by atoms with Crippen LogP contribution in [0.15, 0.2) is 6.20 Å². The zero-order valence-corrected chi connectivity index (χ0v) is 7.60. The molecule has 0 saturated carbocycles. The van der Waals surface area contributed by atoms with E-state index in [0.717, 1.165) is 17.5 Å². The highest BCUT2D eigenvalue weighted by Crippen LogP contribution is 2.22. The third-order valence-corrected chi connectivity index (χ3v) is 2.47. The van der Waals surface area contributed by atoms with Crippen LogP contribution in [0.4, 0.5) is 0 Å². The molecule has 1 aromatic heterocycles. The number of rotatable bonds is 3. The van der Waals surface area contributed by atoms with Gasteiger partial charge >= 0.3 is 5.97 Å². The van der Waals surface area contributed by atoms with E-state index in [1.165, 1.54) is 6.07 Å². The zero-order chi connectivity index (χ0) is 10.7. The highest BCUT2D eigenvalue weighted by atomic mass is 32.1. The molecular weight excluding hydrogens is 208 g/mol. The molecule has 0 aliphatic carbocycles. The number of aromatic nitrogens is 1. The summed E-state index contributed by atoms with van der Waals surface area (Å²) in [5, 5.41) is 35.0. The van der Waals surface area contributed by atoms with Crippen LogP contribution in [0.5, 0.6) is 0 Å². The van der Waals surface area contributed by atoms with Crippen LogP contribution in [0, 0.1) is 11.3 Å². The summed E-state index contributed by atoms with van der Waals surface area (Å²) < 4.78 is 0. The third-order valence-electron chi connectivity index (χ3n) is 1.42. The predicted octanol–water partition coefficient (Wildman–Crippen LogP) is -0.241. The summed E-state index contributed by atoms with van der Waals surface area (Å²) >= 11 is 0.721. The van der Waals surface area contributed by atoms with Crippen LogP contribution in [-0.4, -0.2) is 32.4 Å². The molecule has 1 aromatic rings. The molecule has 0 aliphatic rings. The quantitative estimate of drug-likeness (QED) is 0.598. The van der Waals surface area contributed by atoms with E-state index in [-0.39, 0.29) is 9.88 Å². The van der Waals surface area contributed by atoms with Gasteiger partial charge in [-0.05, 0) is 0 Å². The molecule has 0 fully saturated rings. The summed E-state index contributed by atoms with van der Waals surface area (Å²) in [4.78, 5) is 14.0. The fourth-order valence-corrected chi connectivity index (χ4v) is 1.50. The number of thiazole rings is 1. The number of aliphatic hydroxyl groups excluding tert-OH is 2. The van der Waals surface area contributed by atoms with Crippen LogP contribution in [0.2, 0.25) is 0 Å². The van der Waals surface area contributed by atoms with Gasteiger partial charge in [0.15, 0.2) is 6.10 Å². The second-order valence-electron chi connectivity index (χ2n) is 2.39. The Balaban J connectivity index is 2.87. The lowest BCUT2D eigenvalue weighted by atomic mass is 10.2. The standard InChI is InChI=1S/C7H6N2O4S/c8-1-3(10)5(11)6-9-2-4(14-6)7(12)13/h2-3,5,10-11H,(H,12,13).